The summed E-state index contributed by atoms with van der Waals surface area (Å²) in [5.41, 5.74) is 0.302. The number of benzene rings is 2. The van der Waals surface area contributed by atoms with Crippen LogP contribution in [0.5, 0.6) is 23.0 Å². The van der Waals surface area contributed by atoms with Gasteiger partial charge >= 0.3 is 0 Å². The molecule has 2 aromatic carbocycles. The van der Waals surface area contributed by atoms with Gasteiger partial charge in [0.15, 0.2) is 11.5 Å². The third kappa shape index (κ3) is 4.26. The highest BCUT2D eigenvalue weighted by molar-refractivity contribution is 6.30. The van der Waals surface area contributed by atoms with Crippen molar-refractivity contribution in [1.29, 1.82) is 0 Å². The number of aliphatic hydroxyl groups is 1. The quantitative estimate of drug-likeness (QED) is 0.792. The number of piperidine rings is 1. The van der Waals surface area contributed by atoms with E-state index in [1.54, 1.807) is 24.3 Å². The number of carbonyl (C=O) groups is 1. The number of amides is 1. The molecule has 1 aliphatic heterocycles. The number of phenols is 1. The maximum Gasteiger partial charge on any atom is 0.254 e. The summed E-state index contributed by atoms with van der Waals surface area (Å²) in [7, 11) is 2.79. The van der Waals surface area contributed by atoms with Crippen molar-refractivity contribution in [3.8, 4) is 23.0 Å². The highest BCUT2D eigenvalue weighted by Gasteiger charge is 2.32. The number of methoxy groups -OCH3 is 2. The molecule has 28 heavy (non-hydrogen) atoms. The van der Waals surface area contributed by atoms with Gasteiger partial charge in [0, 0.05) is 23.6 Å². The monoisotopic (exact) mass is 407 g/mol. The van der Waals surface area contributed by atoms with Gasteiger partial charge in [-0.15, -0.1) is 0 Å². The molecular weight excluding hydrogens is 386 g/mol. The number of aromatic hydroxyl groups is 1. The highest BCUT2D eigenvalue weighted by atomic mass is 35.5. The Bertz CT molecular complexity index is 816. The number of phenolic OH excluding ortho intramolecular Hbond substituents is 1. The van der Waals surface area contributed by atoms with Crippen molar-refractivity contribution >= 4 is 17.5 Å². The molecule has 0 bridgehead atoms. The Hall–Kier alpha value is -2.64. The molecule has 0 radical (unpaired) electrons. The summed E-state index contributed by atoms with van der Waals surface area (Å²) in [5.74, 6) is 0.437. The second kappa shape index (κ2) is 8.58. The number of hydrogen-bond acceptors (Lipinski definition) is 6. The zero-order valence-electron chi connectivity index (χ0n) is 15.6. The predicted molar refractivity (Wildman–Crippen MR) is 104 cm³/mol. The van der Waals surface area contributed by atoms with Crippen LogP contribution in [-0.2, 0) is 0 Å². The summed E-state index contributed by atoms with van der Waals surface area (Å²) in [4.78, 5) is 14.4. The molecule has 2 aromatic rings. The van der Waals surface area contributed by atoms with Crippen LogP contribution in [0.25, 0.3) is 0 Å². The summed E-state index contributed by atoms with van der Waals surface area (Å²) in [6, 6.07) is 9.80. The minimum absolute atomic E-state index is 0.128. The number of likely N-dealkylation sites (tertiary alicyclic amines) is 1. The molecule has 0 unspecified atom stereocenters. The molecule has 150 valence electrons. The minimum Gasteiger partial charge on any atom is -0.502 e. The highest BCUT2D eigenvalue weighted by Crippen LogP contribution is 2.37. The first-order chi connectivity index (χ1) is 13.4. The average Bonchev–Trinajstić information content (AvgIpc) is 2.70. The van der Waals surface area contributed by atoms with E-state index in [0.717, 1.165) is 0 Å². The molecule has 1 amide bonds. The first kappa shape index (κ1) is 20.1. The summed E-state index contributed by atoms with van der Waals surface area (Å²) in [5, 5.41) is 21.1. The molecule has 8 heteroatoms. The minimum atomic E-state index is -0.839. The Labute approximate surface area is 168 Å². The molecule has 2 N–H and O–H groups in total. The molecule has 0 saturated carbocycles. The van der Waals surface area contributed by atoms with E-state index in [1.807, 2.05) is 0 Å². The van der Waals surface area contributed by atoms with Crippen LogP contribution in [0.15, 0.2) is 36.4 Å². The van der Waals surface area contributed by atoms with Crippen LogP contribution in [0, 0.1) is 0 Å². The van der Waals surface area contributed by atoms with Crippen LogP contribution in [-0.4, -0.2) is 60.5 Å². The summed E-state index contributed by atoms with van der Waals surface area (Å²) in [6.07, 6.45) is -0.787. The Kier molecular flexibility index (Phi) is 6.16. The van der Waals surface area contributed by atoms with Crippen molar-refractivity contribution in [3.05, 3.63) is 47.0 Å². The van der Waals surface area contributed by atoms with E-state index in [4.69, 9.17) is 25.8 Å². The SMILES string of the molecule is COc1cc(C(=O)N2CC[C@@H](Oc3ccc(Cl)cc3)[C@H](O)C2)cc(OC)c1O. The lowest BCUT2D eigenvalue weighted by molar-refractivity contribution is -0.0199. The fourth-order valence-electron chi connectivity index (χ4n) is 3.12. The van der Waals surface area contributed by atoms with Gasteiger partial charge in [0.2, 0.25) is 5.75 Å². The topological polar surface area (TPSA) is 88.5 Å². The molecule has 0 aromatic heterocycles. The molecule has 1 heterocycles. The smallest absolute Gasteiger partial charge is 0.254 e. The molecule has 1 aliphatic rings. The fourth-order valence-corrected chi connectivity index (χ4v) is 3.25. The van der Waals surface area contributed by atoms with E-state index in [9.17, 15) is 15.0 Å². The number of nitrogens with zero attached hydrogens (tertiary/aromatic N) is 1. The predicted octanol–water partition coefficient (Wildman–Crippen LogP) is 2.72. The van der Waals surface area contributed by atoms with Gasteiger partial charge in [-0.1, -0.05) is 11.6 Å². The van der Waals surface area contributed by atoms with Crippen molar-refractivity contribution in [2.24, 2.45) is 0 Å². The van der Waals surface area contributed by atoms with Gasteiger partial charge in [-0.3, -0.25) is 4.79 Å². The third-order valence-corrected chi connectivity index (χ3v) is 4.89. The maximum absolute atomic E-state index is 12.9. The number of aliphatic hydroxyl groups excluding tert-OH is 1. The van der Waals surface area contributed by atoms with Crippen molar-refractivity contribution in [3.63, 3.8) is 0 Å². The maximum atomic E-state index is 12.9. The van der Waals surface area contributed by atoms with Crippen molar-refractivity contribution < 1.29 is 29.2 Å². The number of rotatable bonds is 5. The van der Waals surface area contributed by atoms with Gasteiger partial charge < -0.3 is 29.3 Å². The van der Waals surface area contributed by atoms with Gasteiger partial charge in [0.25, 0.3) is 5.91 Å². The molecule has 1 fully saturated rings. The van der Waals surface area contributed by atoms with Gasteiger partial charge in [0.1, 0.15) is 18.0 Å². The number of β-amino-alcohol motifs (C(OH)–C–C–N with tert-alkyl or cyclic N) is 1. The molecule has 7 nitrogen and oxygen atoms in total. The van der Waals surface area contributed by atoms with Gasteiger partial charge in [-0.25, -0.2) is 0 Å². The van der Waals surface area contributed by atoms with Crippen LogP contribution in [0.4, 0.5) is 0 Å². The fraction of sp³-hybridized carbons (Fsp3) is 0.350. The second-order valence-electron chi connectivity index (χ2n) is 6.45. The zero-order valence-corrected chi connectivity index (χ0v) is 16.3. The van der Waals surface area contributed by atoms with Crippen LogP contribution in [0.3, 0.4) is 0 Å². The van der Waals surface area contributed by atoms with Crippen LogP contribution in [0.1, 0.15) is 16.8 Å². The number of carbonyl (C=O) groups excluding carboxylic acids is 1. The van der Waals surface area contributed by atoms with Crippen molar-refractivity contribution in [2.45, 2.75) is 18.6 Å². The van der Waals surface area contributed by atoms with Gasteiger partial charge in [0.05, 0.1) is 20.8 Å². The third-order valence-electron chi connectivity index (χ3n) is 4.64. The Morgan fingerprint density at radius 3 is 2.29 bits per heavy atom. The standard InChI is InChI=1S/C20H22ClNO6/c1-26-17-9-12(10-18(27-2)19(17)24)20(25)22-8-7-16(15(23)11-22)28-14-5-3-13(21)4-6-14/h3-6,9-10,15-16,23-24H,7-8,11H2,1-2H3/t15-,16-/m1/s1. The lowest BCUT2D eigenvalue weighted by Gasteiger charge is -2.36. The number of halogens is 1. The number of ether oxygens (including phenoxy) is 3. The van der Waals surface area contributed by atoms with E-state index < -0.39 is 12.2 Å². The lowest BCUT2D eigenvalue weighted by Crippen LogP contribution is -2.51. The molecule has 3 rings (SSSR count). The molecule has 1 saturated heterocycles. The average molecular weight is 408 g/mol. The van der Waals surface area contributed by atoms with Crippen molar-refractivity contribution in [2.75, 3.05) is 27.3 Å². The van der Waals surface area contributed by atoms with E-state index in [-0.39, 0.29) is 29.7 Å². The van der Waals surface area contributed by atoms with Crippen LogP contribution >= 0.6 is 11.6 Å². The first-order valence-electron chi connectivity index (χ1n) is 8.77. The zero-order chi connectivity index (χ0) is 20.3. The molecule has 0 spiro atoms. The first-order valence-corrected chi connectivity index (χ1v) is 9.15. The van der Waals surface area contributed by atoms with E-state index in [0.29, 0.717) is 29.3 Å². The summed E-state index contributed by atoms with van der Waals surface area (Å²) in [6.45, 7) is 0.544. The van der Waals surface area contributed by atoms with E-state index in [1.165, 1.54) is 31.3 Å². The van der Waals surface area contributed by atoms with E-state index >= 15 is 0 Å². The summed E-state index contributed by atoms with van der Waals surface area (Å²) >= 11 is 5.87. The number of hydrogen-bond donors (Lipinski definition) is 2. The Morgan fingerprint density at radius 1 is 1.14 bits per heavy atom. The molecule has 2 atom stereocenters. The lowest BCUT2D eigenvalue weighted by atomic mass is 10.0. The largest absolute Gasteiger partial charge is 0.502 e. The summed E-state index contributed by atoms with van der Waals surface area (Å²) < 4.78 is 16.0. The van der Waals surface area contributed by atoms with Crippen LogP contribution in [0.2, 0.25) is 5.02 Å². The van der Waals surface area contributed by atoms with E-state index in [2.05, 4.69) is 0 Å². The van der Waals surface area contributed by atoms with Gasteiger partial charge in [-0.2, -0.15) is 0 Å². The molecular formula is C20H22ClNO6. The van der Waals surface area contributed by atoms with Crippen molar-refractivity contribution in [1.82, 2.24) is 4.90 Å². The van der Waals surface area contributed by atoms with Gasteiger partial charge in [-0.05, 0) is 36.4 Å². The Balaban J connectivity index is 1.69. The second-order valence-corrected chi connectivity index (χ2v) is 6.88. The molecule has 0 aliphatic carbocycles. The Morgan fingerprint density at radius 2 is 1.75 bits per heavy atom. The normalized spacial score (nSPS) is 19.2. The van der Waals surface area contributed by atoms with Crippen LogP contribution < -0.4 is 14.2 Å².